The molecule has 1 aliphatic heterocycles. The molecular formula is C27H27FN4O5S2. The van der Waals surface area contributed by atoms with Crippen LogP contribution >= 0.6 is 11.3 Å². The van der Waals surface area contributed by atoms with E-state index in [-0.39, 0.29) is 30.4 Å². The Morgan fingerprint density at radius 2 is 1.79 bits per heavy atom. The fraction of sp³-hybridized carbons (Fsp3) is 0.296. The van der Waals surface area contributed by atoms with E-state index in [1.807, 2.05) is 6.07 Å². The Bertz CT molecular complexity index is 1550. The van der Waals surface area contributed by atoms with Gasteiger partial charge in [-0.1, -0.05) is 29.5 Å². The number of pyridine rings is 1. The highest BCUT2D eigenvalue weighted by Gasteiger charge is 2.36. The molecule has 39 heavy (non-hydrogen) atoms. The van der Waals surface area contributed by atoms with Crippen LogP contribution in [0.25, 0.3) is 10.2 Å². The molecule has 0 spiro atoms. The van der Waals surface area contributed by atoms with Crippen molar-refractivity contribution in [1.82, 2.24) is 14.3 Å². The van der Waals surface area contributed by atoms with Crippen molar-refractivity contribution in [2.24, 2.45) is 5.92 Å². The van der Waals surface area contributed by atoms with Gasteiger partial charge in [-0.15, -0.1) is 0 Å². The van der Waals surface area contributed by atoms with Crippen molar-refractivity contribution in [1.29, 1.82) is 0 Å². The number of amides is 1. The van der Waals surface area contributed by atoms with Gasteiger partial charge in [0.15, 0.2) is 5.13 Å². The molecule has 1 amide bonds. The van der Waals surface area contributed by atoms with E-state index in [1.165, 1.54) is 33.8 Å². The topological polar surface area (TPSA) is 102 Å². The number of piperidine rings is 1. The van der Waals surface area contributed by atoms with Crippen LogP contribution in [0.5, 0.6) is 11.5 Å². The van der Waals surface area contributed by atoms with E-state index in [2.05, 4.69) is 4.98 Å². The van der Waals surface area contributed by atoms with E-state index in [9.17, 15) is 17.6 Å². The first kappa shape index (κ1) is 27.0. The minimum absolute atomic E-state index is 0.106. The van der Waals surface area contributed by atoms with E-state index >= 15 is 0 Å². The summed E-state index contributed by atoms with van der Waals surface area (Å²) in [5, 5.41) is 0.475. The van der Waals surface area contributed by atoms with Gasteiger partial charge in [0.2, 0.25) is 15.9 Å². The summed E-state index contributed by atoms with van der Waals surface area (Å²) >= 11 is 1.32. The second kappa shape index (κ2) is 11.2. The number of nitrogens with zero attached hydrogens (tertiary/aromatic N) is 4. The molecule has 5 rings (SSSR count). The third-order valence-electron chi connectivity index (χ3n) is 6.72. The third-order valence-corrected chi connectivity index (χ3v) is 9.74. The number of methoxy groups -OCH3 is 2. The van der Waals surface area contributed by atoms with Gasteiger partial charge in [0, 0.05) is 31.4 Å². The number of rotatable bonds is 8. The summed E-state index contributed by atoms with van der Waals surface area (Å²) < 4.78 is 53.4. The molecular weight excluding hydrogens is 543 g/mol. The summed E-state index contributed by atoms with van der Waals surface area (Å²) in [5.41, 5.74) is 1.41. The zero-order chi connectivity index (χ0) is 27.6. The second-order valence-electron chi connectivity index (χ2n) is 9.04. The SMILES string of the molecule is COc1ccc(OC)c2sc(N(Cc3cccnc3)C(=O)C3CCN(S(=O)(=O)c4ccccc4F)CC3)nc12. The maximum Gasteiger partial charge on any atom is 0.245 e. The standard InChI is InChI=1S/C27H27FN4O5S2/c1-36-21-9-10-22(37-2)25-24(21)30-27(38-25)32(17-18-6-5-13-29-16-18)26(33)19-11-14-31(15-12-19)39(34,35)23-8-4-3-7-20(23)28/h3-10,13,16,19H,11-12,14-15,17H2,1-2H3. The lowest BCUT2D eigenvalue weighted by atomic mass is 9.96. The number of hydrogen-bond acceptors (Lipinski definition) is 8. The molecule has 0 aliphatic carbocycles. The molecule has 0 saturated carbocycles. The van der Waals surface area contributed by atoms with Crippen LogP contribution in [-0.2, 0) is 21.4 Å². The van der Waals surface area contributed by atoms with Crippen LogP contribution in [0.2, 0.25) is 0 Å². The van der Waals surface area contributed by atoms with Crippen molar-refractivity contribution in [2.75, 3.05) is 32.2 Å². The average molecular weight is 571 g/mol. The molecule has 0 unspecified atom stereocenters. The number of carbonyl (C=O) groups is 1. The molecule has 2 aromatic carbocycles. The number of carbonyl (C=O) groups excluding carboxylic acids is 1. The van der Waals surface area contributed by atoms with Crippen LogP contribution in [0.15, 0.2) is 65.8 Å². The Balaban J connectivity index is 1.43. The van der Waals surface area contributed by atoms with Gasteiger partial charge in [-0.25, -0.2) is 17.8 Å². The van der Waals surface area contributed by atoms with Crippen molar-refractivity contribution < 1.29 is 27.1 Å². The van der Waals surface area contributed by atoms with Gasteiger partial charge >= 0.3 is 0 Å². The van der Waals surface area contributed by atoms with E-state index in [0.717, 1.165) is 16.3 Å². The highest BCUT2D eigenvalue weighted by atomic mass is 32.2. The fourth-order valence-electron chi connectivity index (χ4n) is 4.66. The summed E-state index contributed by atoms with van der Waals surface area (Å²) in [6.07, 6.45) is 3.95. The van der Waals surface area contributed by atoms with E-state index in [4.69, 9.17) is 14.5 Å². The van der Waals surface area contributed by atoms with Crippen molar-refractivity contribution in [3.8, 4) is 11.5 Å². The van der Waals surface area contributed by atoms with Crippen LogP contribution in [0.1, 0.15) is 18.4 Å². The number of thiazole rings is 1. The average Bonchev–Trinajstić information content (AvgIpc) is 3.41. The summed E-state index contributed by atoms with van der Waals surface area (Å²) in [7, 11) is -0.879. The van der Waals surface area contributed by atoms with Gasteiger partial charge in [-0.2, -0.15) is 4.31 Å². The smallest absolute Gasteiger partial charge is 0.245 e. The quantitative estimate of drug-likeness (QED) is 0.308. The molecule has 1 aliphatic rings. The van der Waals surface area contributed by atoms with Crippen molar-refractivity contribution in [2.45, 2.75) is 24.3 Å². The Labute approximate surface area is 229 Å². The predicted molar refractivity (Wildman–Crippen MR) is 146 cm³/mol. The van der Waals surface area contributed by atoms with E-state index < -0.39 is 21.8 Å². The summed E-state index contributed by atoms with van der Waals surface area (Å²) in [6.45, 7) is 0.454. The van der Waals surface area contributed by atoms with Gasteiger partial charge in [0.1, 0.15) is 32.4 Å². The lowest BCUT2D eigenvalue weighted by molar-refractivity contribution is -0.123. The minimum atomic E-state index is -4.01. The monoisotopic (exact) mass is 570 g/mol. The first-order valence-corrected chi connectivity index (χ1v) is 14.6. The molecule has 3 heterocycles. The molecule has 0 atom stereocenters. The maximum atomic E-state index is 14.2. The largest absolute Gasteiger partial charge is 0.495 e. The van der Waals surface area contributed by atoms with Gasteiger partial charge in [0.05, 0.1) is 20.8 Å². The van der Waals surface area contributed by atoms with E-state index in [0.29, 0.717) is 35.0 Å². The third kappa shape index (κ3) is 5.32. The Hall–Kier alpha value is -3.61. The van der Waals surface area contributed by atoms with Crippen LogP contribution < -0.4 is 14.4 Å². The molecule has 0 N–H and O–H groups in total. The number of ether oxygens (including phenoxy) is 2. The van der Waals surface area contributed by atoms with Gasteiger partial charge < -0.3 is 9.47 Å². The summed E-state index contributed by atoms with van der Waals surface area (Å²) in [6, 6.07) is 12.6. The number of benzene rings is 2. The number of fused-ring (bicyclic) bond motifs is 1. The summed E-state index contributed by atoms with van der Waals surface area (Å²) in [5.74, 6) is -0.216. The van der Waals surface area contributed by atoms with Crippen LogP contribution in [0, 0.1) is 11.7 Å². The number of aromatic nitrogens is 2. The normalized spacial score (nSPS) is 14.8. The molecule has 4 aromatic rings. The number of hydrogen-bond donors (Lipinski definition) is 0. The van der Waals surface area contributed by atoms with E-state index in [1.54, 1.807) is 49.7 Å². The van der Waals surface area contributed by atoms with Crippen molar-refractivity contribution in [3.05, 3.63) is 72.3 Å². The van der Waals surface area contributed by atoms with Gasteiger partial charge in [0.25, 0.3) is 0 Å². The van der Waals surface area contributed by atoms with Crippen LogP contribution in [-0.4, -0.2) is 55.9 Å². The van der Waals surface area contributed by atoms with Crippen molar-refractivity contribution in [3.63, 3.8) is 0 Å². The van der Waals surface area contributed by atoms with Crippen LogP contribution in [0.4, 0.5) is 9.52 Å². The first-order valence-electron chi connectivity index (χ1n) is 12.3. The first-order chi connectivity index (χ1) is 18.8. The number of sulfonamides is 1. The lowest BCUT2D eigenvalue weighted by Gasteiger charge is -2.33. The van der Waals surface area contributed by atoms with Crippen molar-refractivity contribution >= 4 is 42.6 Å². The fourth-order valence-corrected chi connectivity index (χ4v) is 7.27. The molecule has 2 aromatic heterocycles. The zero-order valence-electron chi connectivity index (χ0n) is 21.4. The molecule has 0 radical (unpaired) electrons. The Kier molecular flexibility index (Phi) is 7.78. The molecule has 1 fully saturated rings. The zero-order valence-corrected chi connectivity index (χ0v) is 23.0. The minimum Gasteiger partial charge on any atom is -0.495 e. The highest BCUT2D eigenvalue weighted by molar-refractivity contribution is 7.89. The summed E-state index contributed by atoms with van der Waals surface area (Å²) in [4.78, 5) is 24.1. The maximum absolute atomic E-state index is 14.2. The molecule has 204 valence electrons. The predicted octanol–water partition coefficient (Wildman–Crippen LogP) is 4.48. The Morgan fingerprint density at radius 3 is 2.46 bits per heavy atom. The second-order valence-corrected chi connectivity index (χ2v) is 11.9. The van der Waals surface area contributed by atoms with Gasteiger partial charge in [-0.05, 0) is 48.7 Å². The number of halogens is 1. The molecule has 12 heteroatoms. The lowest BCUT2D eigenvalue weighted by Crippen LogP contribution is -2.44. The number of anilines is 1. The van der Waals surface area contributed by atoms with Gasteiger partial charge in [-0.3, -0.25) is 14.7 Å². The molecule has 9 nitrogen and oxygen atoms in total. The molecule has 0 bridgehead atoms. The molecule has 1 saturated heterocycles. The Morgan fingerprint density at radius 1 is 1.08 bits per heavy atom. The highest BCUT2D eigenvalue weighted by Crippen LogP contribution is 2.41. The van der Waals surface area contributed by atoms with Crippen LogP contribution in [0.3, 0.4) is 0 Å².